The van der Waals surface area contributed by atoms with Gasteiger partial charge in [-0.2, -0.15) is 0 Å². The maximum atomic E-state index is 12.5. The molecule has 3 amide bonds. The normalized spacial score (nSPS) is 11.2. The maximum Gasteiger partial charge on any atom is 0.414 e. The van der Waals surface area contributed by atoms with Crippen molar-refractivity contribution in [1.29, 1.82) is 0 Å². The van der Waals surface area contributed by atoms with Crippen LogP contribution >= 0.6 is 11.3 Å². The van der Waals surface area contributed by atoms with Gasteiger partial charge in [0.2, 0.25) is 0 Å². The van der Waals surface area contributed by atoms with Crippen molar-refractivity contribution >= 4 is 49.7 Å². The average Bonchev–Trinajstić information content (AvgIpc) is 3.26. The second kappa shape index (κ2) is 8.01. The lowest BCUT2D eigenvalue weighted by atomic mass is 10.3. The highest BCUT2D eigenvalue weighted by molar-refractivity contribution is 7.90. The predicted octanol–water partition coefficient (Wildman–Crippen LogP) is 1.94. The van der Waals surface area contributed by atoms with E-state index in [0.717, 1.165) is 17.6 Å². The number of pyridine rings is 1. The van der Waals surface area contributed by atoms with Crippen LogP contribution in [0.3, 0.4) is 0 Å². The maximum absolute atomic E-state index is 12.5. The van der Waals surface area contributed by atoms with Gasteiger partial charge >= 0.3 is 6.09 Å². The summed E-state index contributed by atoms with van der Waals surface area (Å²) in [6.45, 7) is 1.72. The Hall–Kier alpha value is -3.25. The molecule has 0 atom stereocenters. The third-order valence-electron chi connectivity index (χ3n) is 3.71. The van der Waals surface area contributed by atoms with Gasteiger partial charge in [-0.05, 0) is 30.5 Å². The molecule has 0 aliphatic carbocycles. The molecular formula is C17H16N4O6S2. The number of aromatic nitrogens is 2. The van der Waals surface area contributed by atoms with Gasteiger partial charge < -0.3 is 14.5 Å². The third kappa shape index (κ3) is 4.60. The Kier molecular flexibility index (Phi) is 5.66. The number of rotatable bonds is 5. The van der Waals surface area contributed by atoms with Crippen molar-refractivity contribution in [2.75, 3.05) is 18.2 Å². The van der Waals surface area contributed by atoms with Gasteiger partial charge in [-0.25, -0.2) is 18.2 Å². The highest BCUT2D eigenvalue weighted by Gasteiger charge is 2.20. The van der Waals surface area contributed by atoms with Gasteiger partial charge in [0, 0.05) is 18.6 Å². The van der Waals surface area contributed by atoms with Crippen LogP contribution in [0.15, 0.2) is 40.9 Å². The van der Waals surface area contributed by atoms with Crippen LogP contribution in [0.2, 0.25) is 0 Å². The number of nitrogens with one attached hydrogen (secondary N) is 2. The minimum Gasteiger partial charge on any atom is -0.450 e. The molecule has 3 rings (SSSR count). The third-order valence-corrected chi connectivity index (χ3v) is 5.64. The van der Waals surface area contributed by atoms with Crippen LogP contribution in [-0.2, 0) is 14.6 Å². The van der Waals surface area contributed by atoms with Gasteiger partial charge in [-0.1, -0.05) is 0 Å². The summed E-state index contributed by atoms with van der Waals surface area (Å²) in [5.74, 6) is -1.31. The van der Waals surface area contributed by atoms with Crippen molar-refractivity contribution in [3.8, 4) is 0 Å². The number of ether oxygens (including phenoxy) is 1. The first kappa shape index (κ1) is 20.5. The summed E-state index contributed by atoms with van der Waals surface area (Å²) < 4.78 is 29.4. The number of anilines is 1. The molecule has 12 heteroatoms. The van der Waals surface area contributed by atoms with Gasteiger partial charge in [-0.3, -0.25) is 14.9 Å². The fourth-order valence-electron chi connectivity index (χ4n) is 2.38. The Morgan fingerprint density at radius 2 is 1.93 bits per heavy atom. The zero-order valence-corrected chi connectivity index (χ0v) is 17.0. The molecule has 0 aromatic carbocycles. The van der Waals surface area contributed by atoms with Gasteiger partial charge in [0.25, 0.3) is 11.8 Å². The summed E-state index contributed by atoms with van der Waals surface area (Å²) in [4.78, 5) is 40.4. The van der Waals surface area contributed by atoms with E-state index in [1.807, 2.05) is 0 Å². The van der Waals surface area contributed by atoms with E-state index in [4.69, 9.17) is 0 Å². The van der Waals surface area contributed by atoms with Crippen molar-refractivity contribution in [2.45, 2.75) is 11.8 Å². The summed E-state index contributed by atoms with van der Waals surface area (Å²) in [5, 5.41) is 6.44. The second-order valence-electron chi connectivity index (χ2n) is 5.82. The van der Waals surface area contributed by atoms with Crippen molar-refractivity contribution in [1.82, 2.24) is 14.7 Å². The molecule has 29 heavy (non-hydrogen) atoms. The fraction of sp³-hybridized carbons (Fsp3) is 0.176. The van der Waals surface area contributed by atoms with E-state index < -0.39 is 27.7 Å². The van der Waals surface area contributed by atoms with Crippen LogP contribution in [0.4, 0.5) is 9.80 Å². The summed E-state index contributed by atoms with van der Waals surface area (Å²) in [5.41, 5.74) is 0.509. The van der Waals surface area contributed by atoms with E-state index in [1.165, 1.54) is 35.0 Å². The van der Waals surface area contributed by atoms with Crippen LogP contribution in [0, 0.1) is 0 Å². The highest BCUT2D eigenvalue weighted by Crippen LogP contribution is 2.24. The largest absolute Gasteiger partial charge is 0.450 e. The molecule has 3 aromatic heterocycles. The Labute approximate surface area is 169 Å². The zero-order valence-electron chi connectivity index (χ0n) is 15.3. The molecule has 0 radical (unpaired) electrons. The lowest BCUT2D eigenvalue weighted by Crippen LogP contribution is -2.31. The number of carbonyl (C=O) groups excluding carboxylic acids is 3. The summed E-state index contributed by atoms with van der Waals surface area (Å²) in [6, 6.07) is 4.34. The number of nitrogens with zero attached hydrogens (tertiary/aromatic N) is 2. The van der Waals surface area contributed by atoms with E-state index in [-0.39, 0.29) is 27.8 Å². The van der Waals surface area contributed by atoms with Crippen LogP contribution < -0.4 is 10.6 Å². The van der Waals surface area contributed by atoms with Crippen molar-refractivity contribution in [3.05, 3.63) is 47.2 Å². The monoisotopic (exact) mass is 436 g/mol. The molecule has 2 N–H and O–H groups in total. The Morgan fingerprint density at radius 3 is 2.62 bits per heavy atom. The molecule has 3 heterocycles. The lowest BCUT2D eigenvalue weighted by Gasteiger charge is -2.06. The minimum absolute atomic E-state index is 0.0285. The van der Waals surface area contributed by atoms with E-state index in [2.05, 4.69) is 20.4 Å². The number of carbonyl (C=O) groups is 3. The van der Waals surface area contributed by atoms with Gasteiger partial charge in [0.15, 0.2) is 9.84 Å². The first-order valence-corrected chi connectivity index (χ1v) is 11.0. The van der Waals surface area contributed by atoms with Crippen molar-refractivity contribution < 1.29 is 27.5 Å². The number of amides is 3. The summed E-state index contributed by atoms with van der Waals surface area (Å²) >= 11 is 1.10. The van der Waals surface area contributed by atoms with E-state index in [0.29, 0.717) is 5.65 Å². The SMILES string of the molecule is CCOC(=O)NC(=O)c1ccsc1NC(=O)c1cn2cc(S(C)(=O)=O)ccc2n1. The molecule has 0 saturated heterocycles. The number of hydrogen-bond acceptors (Lipinski definition) is 8. The molecular weight excluding hydrogens is 420 g/mol. The van der Waals surface area contributed by atoms with Gasteiger partial charge in [-0.15, -0.1) is 11.3 Å². The Morgan fingerprint density at radius 1 is 1.17 bits per heavy atom. The summed E-state index contributed by atoms with van der Waals surface area (Å²) in [6.07, 6.45) is 2.93. The van der Waals surface area contributed by atoms with Crippen LogP contribution in [0.5, 0.6) is 0 Å². The van der Waals surface area contributed by atoms with Crippen LogP contribution in [-0.4, -0.2) is 48.6 Å². The molecule has 0 unspecified atom stereocenters. The molecule has 0 aliphatic heterocycles. The molecule has 152 valence electrons. The van der Waals surface area contributed by atoms with Crippen molar-refractivity contribution in [2.24, 2.45) is 0 Å². The fourth-order valence-corrected chi connectivity index (χ4v) is 3.78. The average molecular weight is 436 g/mol. The van der Waals surface area contributed by atoms with Crippen LogP contribution in [0.1, 0.15) is 27.8 Å². The number of alkyl carbamates (subject to hydrolysis) is 1. The van der Waals surface area contributed by atoms with Crippen LogP contribution in [0.25, 0.3) is 5.65 Å². The molecule has 0 bridgehead atoms. The topological polar surface area (TPSA) is 136 Å². The zero-order chi connectivity index (χ0) is 21.2. The Balaban J connectivity index is 1.80. The minimum atomic E-state index is -3.41. The first-order valence-electron chi connectivity index (χ1n) is 8.25. The summed E-state index contributed by atoms with van der Waals surface area (Å²) in [7, 11) is -3.41. The molecule has 3 aromatic rings. The molecule has 0 saturated carbocycles. The number of thiophene rings is 1. The predicted molar refractivity (Wildman–Crippen MR) is 105 cm³/mol. The first-order chi connectivity index (χ1) is 13.7. The second-order valence-corrected chi connectivity index (χ2v) is 8.75. The molecule has 10 nitrogen and oxygen atoms in total. The Bertz CT molecular complexity index is 1210. The smallest absolute Gasteiger partial charge is 0.414 e. The number of sulfone groups is 1. The number of hydrogen-bond donors (Lipinski definition) is 2. The quantitative estimate of drug-likeness (QED) is 0.624. The molecule has 0 aliphatic rings. The lowest BCUT2D eigenvalue weighted by molar-refractivity contribution is 0.0926. The van der Waals surface area contributed by atoms with Gasteiger partial charge in [0.05, 0.1) is 17.1 Å². The number of imide groups is 1. The molecule has 0 spiro atoms. The molecule has 0 fully saturated rings. The van der Waals surface area contributed by atoms with Crippen molar-refractivity contribution in [3.63, 3.8) is 0 Å². The number of imidazole rings is 1. The van der Waals surface area contributed by atoms with Gasteiger partial charge in [0.1, 0.15) is 16.3 Å². The number of fused-ring (bicyclic) bond motifs is 1. The highest BCUT2D eigenvalue weighted by atomic mass is 32.2. The van der Waals surface area contributed by atoms with E-state index in [9.17, 15) is 22.8 Å². The van der Waals surface area contributed by atoms with E-state index >= 15 is 0 Å². The van der Waals surface area contributed by atoms with E-state index in [1.54, 1.807) is 12.3 Å². The standard InChI is InChI=1S/C17H16N4O6S2/c1-3-27-17(24)20-14(22)11-6-7-28-16(11)19-15(23)12-9-21-8-10(29(2,25)26)4-5-13(21)18-12/h4-9H,3H2,1-2H3,(H,19,23)(H,20,22,24).